The van der Waals surface area contributed by atoms with Gasteiger partial charge in [-0.2, -0.15) is 0 Å². The molecule has 1 unspecified atom stereocenters. The van der Waals surface area contributed by atoms with Crippen LogP contribution in [0.1, 0.15) is 22.3 Å². The maximum absolute atomic E-state index is 2.52. The van der Waals surface area contributed by atoms with E-state index >= 15 is 0 Å². The first-order valence-corrected chi connectivity index (χ1v) is 17.4. The van der Waals surface area contributed by atoms with Crippen LogP contribution in [-0.2, 0) is 5.41 Å². The van der Waals surface area contributed by atoms with Crippen LogP contribution in [0.5, 0.6) is 0 Å². The highest BCUT2D eigenvalue weighted by Gasteiger charge is 2.49. The molecule has 3 heteroatoms. The molecule has 0 fully saturated rings. The number of hydrogen-bond donors (Lipinski definition) is 0. The summed E-state index contributed by atoms with van der Waals surface area (Å²) in [6, 6.07) is 56.8. The second-order valence-corrected chi connectivity index (χ2v) is 14.5. The lowest BCUT2D eigenvalue weighted by Gasteiger charge is -2.45. The van der Waals surface area contributed by atoms with Gasteiger partial charge in [0.05, 0.1) is 22.1 Å². The van der Waals surface area contributed by atoms with Crippen molar-refractivity contribution < 1.29 is 0 Å². The van der Waals surface area contributed by atoms with Crippen LogP contribution in [0.15, 0.2) is 161 Å². The number of para-hydroxylation sites is 3. The molecule has 4 heterocycles. The SMILES string of the molecule is c1ccc2c(c1)Sc1c(-c3cccc4c3sc3ccccc34)cccc1C21c2ccccc2-n2c3ccccc3c3cccc1c32. The molecule has 9 aromatic rings. The summed E-state index contributed by atoms with van der Waals surface area (Å²) in [6.45, 7) is 0. The average Bonchev–Trinajstić information content (AvgIpc) is 3.67. The number of thiophene rings is 1. The predicted molar refractivity (Wildman–Crippen MR) is 195 cm³/mol. The molecule has 2 aliphatic rings. The van der Waals surface area contributed by atoms with E-state index in [2.05, 4.69) is 156 Å². The van der Waals surface area contributed by atoms with Crippen molar-refractivity contribution in [2.45, 2.75) is 15.2 Å². The fourth-order valence-electron chi connectivity index (χ4n) is 8.52. The number of hydrogen-bond acceptors (Lipinski definition) is 2. The Morgan fingerprint density at radius 2 is 1.11 bits per heavy atom. The van der Waals surface area contributed by atoms with Crippen molar-refractivity contribution in [3.63, 3.8) is 0 Å². The van der Waals surface area contributed by atoms with E-state index in [-0.39, 0.29) is 0 Å². The number of nitrogens with zero attached hydrogens (tertiary/aromatic N) is 1. The number of fused-ring (bicyclic) bond motifs is 14. The molecule has 46 heavy (non-hydrogen) atoms. The molecule has 0 saturated carbocycles. The minimum absolute atomic E-state index is 0.471. The molecule has 0 bridgehead atoms. The van der Waals surface area contributed by atoms with E-state index in [4.69, 9.17) is 0 Å². The van der Waals surface area contributed by atoms with Crippen molar-refractivity contribution in [1.29, 1.82) is 0 Å². The van der Waals surface area contributed by atoms with Crippen LogP contribution in [0.25, 0.3) is 58.8 Å². The van der Waals surface area contributed by atoms with E-state index in [0.29, 0.717) is 0 Å². The Morgan fingerprint density at radius 1 is 0.457 bits per heavy atom. The van der Waals surface area contributed by atoms with Crippen LogP contribution >= 0.6 is 23.1 Å². The Hall–Kier alpha value is -5.09. The van der Waals surface area contributed by atoms with Gasteiger partial charge in [-0.1, -0.05) is 139 Å². The Balaban J connectivity index is 1.32. The zero-order valence-electron chi connectivity index (χ0n) is 24.7. The van der Waals surface area contributed by atoms with Crippen LogP contribution in [0.2, 0.25) is 0 Å². The molecule has 11 rings (SSSR count). The summed E-state index contributed by atoms with van der Waals surface area (Å²) in [4.78, 5) is 2.67. The monoisotopic (exact) mass is 619 g/mol. The molecule has 2 aliphatic heterocycles. The van der Waals surface area contributed by atoms with E-state index in [1.54, 1.807) is 0 Å². The van der Waals surface area contributed by atoms with E-state index in [9.17, 15) is 0 Å². The fourth-order valence-corrected chi connectivity index (χ4v) is 11.1. The number of benzene rings is 7. The summed E-state index contributed by atoms with van der Waals surface area (Å²) < 4.78 is 5.22. The number of rotatable bonds is 1. The van der Waals surface area contributed by atoms with Crippen molar-refractivity contribution in [3.8, 4) is 16.8 Å². The van der Waals surface area contributed by atoms with Crippen LogP contribution in [0.4, 0.5) is 0 Å². The Bertz CT molecular complexity index is 2750. The van der Waals surface area contributed by atoms with Gasteiger partial charge in [-0.3, -0.25) is 0 Å². The highest BCUT2D eigenvalue weighted by Crippen LogP contribution is 2.62. The molecule has 1 nitrogen and oxygen atoms in total. The van der Waals surface area contributed by atoms with E-state index in [1.807, 2.05) is 23.1 Å². The lowest BCUT2D eigenvalue weighted by Crippen LogP contribution is -2.37. The molecule has 1 atom stereocenters. The fraction of sp³-hybridized carbons (Fsp3) is 0.0233. The van der Waals surface area contributed by atoms with Crippen molar-refractivity contribution in [3.05, 3.63) is 174 Å². The maximum atomic E-state index is 2.52. The molecular weight excluding hydrogens is 595 g/mol. The quantitative estimate of drug-likeness (QED) is 0.177. The lowest BCUT2D eigenvalue weighted by atomic mass is 9.62. The van der Waals surface area contributed by atoms with Crippen molar-refractivity contribution >= 4 is 65.1 Å². The molecular formula is C43H25NS2. The summed E-state index contributed by atoms with van der Waals surface area (Å²) in [5, 5.41) is 5.29. The Kier molecular flexibility index (Phi) is 4.92. The number of aromatic nitrogens is 1. The maximum Gasteiger partial charge on any atom is 0.0764 e. The predicted octanol–water partition coefficient (Wildman–Crippen LogP) is 12.0. The summed E-state index contributed by atoms with van der Waals surface area (Å²) in [5.41, 5.74) is 11.4. The first-order chi connectivity index (χ1) is 22.8. The van der Waals surface area contributed by atoms with Gasteiger partial charge in [0.15, 0.2) is 0 Å². The summed E-state index contributed by atoms with van der Waals surface area (Å²) in [5.74, 6) is 0. The van der Waals surface area contributed by atoms with Gasteiger partial charge in [0.25, 0.3) is 0 Å². The molecule has 0 N–H and O–H groups in total. The first kappa shape index (κ1) is 25.1. The van der Waals surface area contributed by atoms with Crippen LogP contribution < -0.4 is 0 Å². The summed E-state index contributed by atoms with van der Waals surface area (Å²) in [6.07, 6.45) is 0. The van der Waals surface area contributed by atoms with Crippen molar-refractivity contribution in [2.75, 3.05) is 0 Å². The Labute approximate surface area is 274 Å². The molecule has 0 radical (unpaired) electrons. The van der Waals surface area contributed by atoms with Gasteiger partial charge in [0.2, 0.25) is 0 Å². The largest absolute Gasteiger partial charge is 0.309 e. The van der Waals surface area contributed by atoms with Crippen LogP contribution in [0.3, 0.4) is 0 Å². The van der Waals surface area contributed by atoms with Gasteiger partial charge in [0.1, 0.15) is 0 Å². The van der Waals surface area contributed by atoms with Crippen molar-refractivity contribution in [2.24, 2.45) is 0 Å². The van der Waals surface area contributed by atoms with E-state index in [0.717, 1.165) is 0 Å². The lowest BCUT2D eigenvalue weighted by molar-refractivity contribution is 0.690. The normalized spacial score (nSPS) is 16.3. The van der Waals surface area contributed by atoms with Crippen molar-refractivity contribution in [1.82, 2.24) is 4.57 Å². The first-order valence-electron chi connectivity index (χ1n) is 15.8. The molecule has 7 aromatic carbocycles. The summed E-state index contributed by atoms with van der Waals surface area (Å²) >= 11 is 3.85. The Morgan fingerprint density at radius 3 is 2.07 bits per heavy atom. The molecule has 1 spiro atoms. The molecule has 0 amide bonds. The van der Waals surface area contributed by atoms with Gasteiger partial charge < -0.3 is 4.57 Å². The third-order valence-corrected chi connectivity index (χ3v) is 12.7. The van der Waals surface area contributed by atoms with Gasteiger partial charge in [-0.05, 0) is 52.1 Å². The zero-order chi connectivity index (χ0) is 30.0. The summed E-state index contributed by atoms with van der Waals surface area (Å²) in [7, 11) is 0. The van der Waals surface area contributed by atoms with Crippen LogP contribution in [0, 0.1) is 0 Å². The van der Waals surface area contributed by atoms with Gasteiger partial charge >= 0.3 is 0 Å². The van der Waals surface area contributed by atoms with Crippen LogP contribution in [-0.4, -0.2) is 4.57 Å². The minimum Gasteiger partial charge on any atom is -0.309 e. The standard InChI is InChI=1S/C43H25NS2/c1-5-22-36-26(12-1)28-14-10-20-34-40(28)44(36)37-23-6-3-18-32(37)43(34)33-19-4-8-25-39(33)46-42-31(17-11-21-35(42)43)30-16-9-15-29-27-13-2-7-24-38(27)45-41(29)30/h1-25H. The second kappa shape index (κ2) is 9.01. The van der Waals surface area contributed by atoms with E-state index in [1.165, 1.54) is 90.8 Å². The molecule has 0 aliphatic carbocycles. The topological polar surface area (TPSA) is 4.93 Å². The smallest absolute Gasteiger partial charge is 0.0764 e. The average molecular weight is 620 g/mol. The third kappa shape index (κ3) is 2.98. The third-order valence-electron chi connectivity index (χ3n) is 10.3. The highest BCUT2D eigenvalue weighted by molar-refractivity contribution is 7.99. The minimum atomic E-state index is -0.471. The zero-order valence-corrected chi connectivity index (χ0v) is 26.3. The van der Waals surface area contributed by atoms with E-state index < -0.39 is 5.41 Å². The molecule has 0 saturated heterocycles. The van der Waals surface area contributed by atoms with Gasteiger partial charge in [-0.15, -0.1) is 11.3 Å². The molecule has 214 valence electrons. The van der Waals surface area contributed by atoms with Gasteiger partial charge in [0, 0.05) is 46.3 Å². The molecule has 2 aromatic heterocycles. The highest BCUT2D eigenvalue weighted by atomic mass is 32.2. The van der Waals surface area contributed by atoms with Gasteiger partial charge in [-0.25, -0.2) is 0 Å². The second-order valence-electron chi connectivity index (χ2n) is 12.4.